The predicted molar refractivity (Wildman–Crippen MR) is 96.1 cm³/mol. The van der Waals surface area contributed by atoms with Crippen LogP contribution in [0.5, 0.6) is 0 Å². The maximum atomic E-state index is 12.1. The minimum absolute atomic E-state index is 0.289. The molecule has 3 rings (SSSR count). The molecule has 2 N–H and O–H groups in total. The van der Waals surface area contributed by atoms with Crippen LogP contribution in [0.3, 0.4) is 0 Å². The minimum atomic E-state index is -0.479. The molecule has 0 aliphatic heterocycles. The summed E-state index contributed by atoms with van der Waals surface area (Å²) >= 11 is 5.95. The molecule has 0 saturated heterocycles. The first-order valence-electron chi connectivity index (χ1n) is 7.51. The van der Waals surface area contributed by atoms with E-state index in [2.05, 4.69) is 15.8 Å². The van der Waals surface area contributed by atoms with Crippen molar-refractivity contribution < 1.29 is 9.59 Å². The van der Waals surface area contributed by atoms with Gasteiger partial charge in [-0.3, -0.25) is 25.4 Å². The maximum Gasteiger partial charge on any atom is 0.271 e. The molecule has 5 nitrogen and oxygen atoms in total. The van der Waals surface area contributed by atoms with Crippen LogP contribution in [0.2, 0.25) is 5.02 Å². The van der Waals surface area contributed by atoms with Gasteiger partial charge in [-0.15, -0.1) is 0 Å². The van der Waals surface area contributed by atoms with Crippen molar-refractivity contribution in [3.8, 4) is 11.1 Å². The Morgan fingerprint density at radius 3 is 2.04 bits per heavy atom. The highest BCUT2D eigenvalue weighted by molar-refractivity contribution is 6.33. The van der Waals surface area contributed by atoms with Gasteiger partial charge in [0.15, 0.2) is 0 Å². The molecule has 0 unspecified atom stereocenters. The summed E-state index contributed by atoms with van der Waals surface area (Å²) in [5.74, 6) is -0.894. The average Bonchev–Trinajstić information content (AvgIpc) is 2.67. The number of amides is 2. The van der Waals surface area contributed by atoms with Crippen molar-refractivity contribution in [1.82, 2.24) is 15.8 Å². The van der Waals surface area contributed by atoms with E-state index in [1.165, 1.54) is 0 Å². The lowest BCUT2D eigenvalue weighted by Crippen LogP contribution is -2.41. The molecule has 2 aromatic carbocycles. The molecule has 0 atom stereocenters. The second kappa shape index (κ2) is 7.59. The second-order valence-electron chi connectivity index (χ2n) is 5.20. The fourth-order valence-electron chi connectivity index (χ4n) is 2.26. The highest BCUT2D eigenvalue weighted by Crippen LogP contribution is 2.18. The molecular weight excluding hydrogens is 338 g/mol. The topological polar surface area (TPSA) is 71.1 Å². The summed E-state index contributed by atoms with van der Waals surface area (Å²) in [7, 11) is 0. The van der Waals surface area contributed by atoms with Crippen LogP contribution in [0.1, 0.15) is 20.7 Å². The molecule has 0 aliphatic carbocycles. The summed E-state index contributed by atoms with van der Waals surface area (Å²) in [6, 6.07) is 17.4. The summed E-state index contributed by atoms with van der Waals surface area (Å²) in [6.07, 6.45) is 3.42. The molecule has 0 aliphatic rings. The molecule has 124 valence electrons. The van der Waals surface area contributed by atoms with Crippen LogP contribution in [0.4, 0.5) is 0 Å². The third-order valence-corrected chi connectivity index (χ3v) is 3.90. The summed E-state index contributed by atoms with van der Waals surface area (Å²) < 4.78 is 0. The predicted octanol–water partition coefficient (Wildman–Crippen LogP) is 3.48. The van der Waals surface area contributed by atoms with Gasteiger partial charge < -0.3 is 0 Å². The molecule has 6 heteroatoms. The van der Waals surface area contributed by atoms with E-state index in [9.17, 15) is 9.59 Å². The SMILES string of the molecule is O=C(NNC(=O)c1ccccc1Cl)c1ccc(-c2ccncc2)cc1. The van der Waals surface area contributed by atoms with E-state index in [0.717, 1.165) is 11.1 Å². The van der Waals surface area contributed by atoms with Gasteiger partial charge in [-0.1, -0.05) is 35.9 Å². The van der Waals surface area contributed by atoms with Crippen molar-refractivity contribution in [3.63, 3.8) is 0 Å². The van der Waals surface area contributed by atoms with Crippen molar-refractivity contribution >= 4 is 23.4 Å². The van der Waals surface area contributed by atoms with E-state index >= 15 is 0 Å². The molecule has 0 bridgehead atoms. The largest absolute Gasteiger partial charge is 0.271 e. The first kappa shape index (κ1) is 16.7. The van der Waals surface area contributed by atoms with E-state index in [0.29, 0.717) is 10.6 Å². The van der Waals surface area contributed by atoms with Gasteiger partial charge in [0.2, 0.25) is 0 Å². The molecule has 0 fully saturated rings. The Bertz CT molecular complexity index is 896. The maximum absolute atomic E-state index is 12.1. The van der Waals surface area contributed by atoms with Crippen molar-refractivity contribution in [2.75, 3.05) is 0 Å². The molecule has 25 heavy (non-hydrogen) atoms. The molecule has 2 amide bonds. The molecule has 1 aromatic heterocycles. The van der Waals surface area contributed by atoms with E-state index in [1.807, 2.05) is 24.3 Å². The quantitative estimate of drug-likeness (QED) is 0.710. The van der Waals surface area contributed by atoms with Crippen molar-refractivity contribution in [1.29, 1.82) is 0 Å². The Morgan fingerprint density at radius 1 is 0.760 bits per heavy atom. The van der Waals surface area contributed by atoms with Gasteiger partial charge in [-0.25, -0.2) is 0 Å². The minimum Gasteiger partial charge on any atom is -0.267 e. The lowest BCUT2D eigenvalue weighted by Gasteiger charge is -2.09. The van der Waals surface area contributed by atoms with Gasteiger partial charge in [0, 0.05) is 18.0 Å². The number of halogens is 1. The average molecular weight is 352 g/mol. The zero-order chi connectivity index (χ0) is 17.6. The third-order valence-electron chi connectivity index (χ3n) is 3.57. The Morgan fingerprint density at radius 2 is 1.36 bits per heavy atom. The molecular formula is C19H14ClN3O2. The van der Waals surface area contributed by atoms with Gasteiger partial charge in [-0.05, 0) is 47.5 Å². The van der Waals surface area contributed by atoms with E-state index in [4.69, 9.17) is 11.6 Å². The van der Waals surface area contributed by atoms with Gasteiger partial charge in [0.1, 0.15) is 0 Å². The number of pyridine rings is 1. The molecule has 3 aromatic rings. The Labute approximate surface area is 149 Å². The number of carbonyl (C=O) groups excluding carboxylic acids is 2. The van der Waals surface area contributed by atoms with Gasteiger partial charge in [0.25, 0.3) is 11.8 Å². The van der Waals surface area contributed by atoms with Crippen LogP contribution in [0, 0.1) is 0 Å². The highest BCUT2D eigenvalue weighted by Gasteiger charge is 2.11. The fraction of sp³-hybridized carbons (Fsp3) is 0. The second-order valence-corrected chi connectivity index (χ2v) is 5.61. The van der Waals surface area contributed by atoms with Crippen molar-refractivity contribution in [3.05, 3.63) is 89.2 Å². The van der Waals surface area contributed by atoms with Crippen molar-refractivity contribution in [2.45, 2.75) is 0 Å². The normalized spacial score (nSPS) is 10.1. The van der Waals surface area contributed by atoms with Gasteiger partial charge in [0.05, 0.1) is 10.6 Å². The lowest BCUT2D eigenvalue weighted by atomic mass is 10.1. The highest BCUT2D eigenvalue weighted by atomic mass is 35.5. The Hall–Kier alpha value is -3.18. The smallest absolute Gasteiger partial charge is 0.267 e. The van der Waals surface area contributed by atoms with E-state index < -0.39 is 11.8 Å². The Kier molecular flexibility index (Phi) is 5.06. The number of carbonyl (C=O) groups is 2. The molecule has 1 heterocycles. The zero-order valence-electron chi connectivity index (χ0n) is 13.1. The first-order valence-corrected chi connectivity index (χ1v) is 7.88. The number of hydrazine groups is 1. The first-order chi connectivity index (χ1) is 12.1. The molecule has 0 radical (unpaired) electrons. The van der Waals surface area contributed by atoms with Crippen LogP contribution in [-0.4, -0.2) is 16.8 Å². The number of nitrogens with one attached hydrogen (secondary N) is 2. The number of rotatable bonds is 3. The van der Waals surface area contributed by atoms with Crippen LogP contribution >= 0.6 is 11.6 Å². The molecule has 0 spiro atoms. The van der Waals surface area contributed by atoms with E-state index in [1.54, 1.807) is 48.8 Å². The summed E-state index contributed by atoms with van der Waals surface area (Å²) in [5, 5.41) is 0.316. The van der Waals surface area contributed by atoms with E-state index in [-0.39, 0.29) is 5.56 Å². The number of hydrogen-bond donors (Lipinski definition) is 2. The van der Waals surface area contributed by atoms with Gasteiger partial charge >= 0.3 is 0 Å². The monoisotopic (exact) mass is 351 g/mol. The number of hydrogen-bond acceptors (Lipinski definition) is 3. The van der Waals surface area contributed by atoms with Crippen LogP contribution < -0.4 is 10.9 Å². The van der Waals surface area contributed by atoms with Crippen molar-refractivity contribution in [2.24, 2.45) is 0 Å². The van der Waals surface area contributed by atoms with Crippen LogP contribution in [0.15, 0.2) is 73.1 Å². The Balaban J connectivity index is 1.64. The summed E-state index contributed by atoms with van der Waals surface area (Å²) in [4.78, 5) is 28.1. The fourth-order valence-corrected chi connectivity index (χ4v) is 2.48. The number of nitrogens with zero attached hydrogens (tertiary/aromatic N) is 1. The van der Waals surface area contributed by atoms with Crippen LogP contribution in [-0.2, 0) is 0 Å². The zero-order valence-corrected chi connectivity index (χ0v) is 13.8. The summed E-state index contributed by atoms with van der Waals surface area (Å²) in [5.41, 5.74) is 7.43. The van der Waals surface area contributed by atoms with Crippen LogP contribution in [0.25, 0.3) is 11.1 Å². The number of benzene rings is 2. The summed E-state index contributed by atoms with van der Waals surface area (Å²) in [6.45, 7) is 0. The number of aromatic nitrogens is 1. The molecule has 0 saturated carbocycles. The standard InChI is InChI=1S/C19H14ClN3O2/c20-17-4-2-1-3-16(17)19(25)23-22-18(24)15-7-5-13(6-8-15)14-9-11-21-12-10-14/h1-12H,(H,22,24)(H,23,25). The lowest BCUT2D eigenvalue weighted by molar-refractivity contribution is 0.0847. The van der Waals surface area contributed by atoms with Gasteiger partial charge in [-0.2, -0.15) is 0 Å². The third kappa shape index (κ3) is 4.02.